The van der Waals surface area contributed by atoms with Gasteiger partial charge in [-0.15, -0.1) is 0 Å². The number of sulfone groups is 1. The van der Waals surface area contributed by atoms with Crippen LogP contribution in [0.1, 0.15) is 25.8 Å². The number of oxazole rings is 1. The summed E-state index contributed by atoms with van der Waals surface area (Å²) in [5.41, 5.74) is 0.995. The molecule has 148 valence electrons. The van der Waals surface area contributed by atoms with Gasteiger partial charge in [0, 0.05) is 13.1 Å². The number of benzene rings is 1. The first-order chi connectivity index (χ1) is 13.3. The van der Waals surface area contributed by atoms with Crippen molar-refractivity contribution >= 4 is 15.7 Å². The zero-order valence-corrected chi connectivity index (χ0v) is 17.1. The first-order valence-electron chi connectivity index (χ1n) is 9.46. The van der Waals surface area contributed by atoms with Crippen molar-refractivity contribution in [3.63, 3.8) is 0 Å². The third kappa shape index (κ3) is 3.46. The molecule has 1 fully saturated rings. The molecule has 3 heterocycles. The van der Waals surface area contributed by atoms with Crippen LogP contribution in [0, 0.1) is 18.8 Å². The van der Waals surface area contributed by atoms with Crippen LogP contribution in [-0.2, 0) is 9.84 Å². The van der Waals surface area contributed by atoms with Crippen LogP contribution in [0.5, 0.6) is 0 Å². The van der Waals surface area contributed by atoms with Crippen molar-refractivity contribution in [3.05, 3.63) is 48.2 Å². The molecule has 7 heteroatoms. The third-order valence-corrected chi connectivity index (χ3v) is 6.72. The molecule has 2 atom stereocenters. The van der Waals surface area contributed by atoms with Gasteiger partial charge in [-0.2, -0.15) is 4.98 Å². The Kier molecular flexibility index (Phi) is 4.79. The number of aromatic nitrogens is 1. The van der Waals surface area contributed by atoms with Gasteiger partial charge in [0.25, 0.3) is 5.89 Å². The van der Waals surface area contributed by atoms with Crippen LogP contribution in [0.2, 0.25) is 0 Å². The lowest BCUT2D eigenvalue weighted by Crippen LogP contribution is -2.39. The van der Waals surface area contributed by atoms with Gasteiger partial charge >= 0.3 is 0 Å². The van der Waals surface area contributed by atoms with E-state index in [2.05, 4.69) is 18.8 Å². The Morgan fingerprint density at radius 1 is 1.07 bits per heavy atom. The van der Waals surface area contributed by atoms with Gasteiger partial charge in [-0.05, 0) is 49.4 Å². The van der Waals surface area contributed by atoms with Gasteiger partial charge in [0.1, 0.15) is 0 Å². The monoisotopic (exact) mass is 400 g/mol. The fraction of sp³-hybridized carbons (Fsp3) is 0.381. The topological polar surface area (TPSA) is 76.5 Å². The number of nitrogens with zero attached hydrogens (tertiary/aromatic N) is 2. The summed E-state index contributed by atoms with van der Waals surface area (Å²) in [5, 5.41) is -0.0518. The van der Waals surface area contributed by atoms with Gasteiger partial charge in [0.2, 0.25) is 20.7 Å². The second kappa shape index (κ2) is 7.13. The molecule has 1 saturated heterocycles. The summed E-state index contributed by atoms with van der Waals surface area (Å²) in [6.45, 7) is 7.71. The van der Waals surface area contributed by atoms with Crippen molar-refractivity contribution in [1.82, 2.24) is 4.98 Å². The summed E-state index contributed by atoms with van der Waals surface area (Å²) in [7, 11) is -3.83. The fourth-order valence-corrected chi connectivity index (χ4v) is 5.16. The number of furan rings is 1. The van der Waals surface area contributed by atoms with Gasteiger partial charge in [0.05, 0.1) is 11.2 Å². The molecule has 2 aromatic heterocycles. The highest BCUT2D eigenvalue weighted by atomic mass is 32.2. The van der Waals surface area contributed by atoms with Crippen LogP contribution >= 0.6 is 0 Å². The van der Waals surface area contributed by atoms with E-state index in [0.29, 0.717) is 23.5 Å². The van der Waals surface area contributed by atoms with Crippen molar-refractivity contribution in [2.24, 2.45) is 11.8 Å². The molecule has 28 heavy (non-hydrogen) atoms. The Balaban J connectivity index is 1.84. The maximum absolute atomic E-state index is 13.4. The Morgan fingerprint density at radius 2 is 1.75 bits per heavy atom. The molecule has 1 aliphatic rings. The number of piperidine rings is 1. The fourth-order valence-electron chi connectivity index (χ4n) is 3.84. The van der Waals surface area contributed by atoms with E-state index in [9.17, 15) is 8.42 Å². The van der Waals surface area contributed by atoms with Gasteiger partial charge in [-0.1, -0.05) is 31.5 Å². The van der Waals surface area contributed by atoms with Crippen molar-refractivity contribution in [2.45, 2.75) is 37.1 Å². The molecule has 2 unspecified atom stereocenters. The molecule has 0 bridgehead atoms. The van der Waals surface area contributed by atoms with E-state index in [1.54, 1.807) is 36.4 Å². The Labute approximate surface area is 165 Å². The van der Waals surface area contributed by atoms with Crippen LogP contribution in [0.15, 0.2) is 61.4 Å². The highest BCUT2D eigenvalue weighted by molar-refractivity contribution is 7.91. The molecule has 0 radical (unpaired) electrons. The zero-order valence-electron chi connectivity index (χ0n) is 16.3. The van der Waals surface area contributed by atoms with E-state index in [-0.39, 0.29) is 15.8 Å². The summed E-state index contributed by atoms with van der Waals surface area (Å²) in [5.74, 6) is 1.76. The molecule has 0 saturated carbocycles. The molecule has 0 aliphatic carbocycles. The number of aryl methyl sites for hydroxylation is 1. The lowest BCUT2D eigenvalue weighted by atomic mass is 9.92. The third-order valence-electron chi connectivity index (χ3n) is 5.05. The second-order valence-corrected chi connectivity index (χ2v) is 9.64. The van der Waals surface area contributed by atoms with E-state index in [1.807, 2.05) is 11.8 Å². The molecule has 0 spiro atoms. The lowest BCUT2D eigenvalue weighted by molar-refractivity contribution is 0.342. The normalized spacial score (nSPS) is 20.5. The van der Waals surface area contributed by atoms with E-state index < -0.39 is 9.84 Å². The minimum absolute atomic E-state index is 0.0518. The SMILES string of the molecule is Cc1ccc(S(=O)(=O)c2nc(-c3ccco3)oc2N2CC(C)CC(C)C2)cc1. The van der Waals surface area contributed by atoms with Crippen molar-refractivity contribution in [2.75, 3.05) is 18.0 Å². The Morgan fingerprint density at radius 3 is 2.36 bits per heavy atom. The van der Waals surface area contributed by atoms with Crippen LogP contribution < -0.4 is 4.90 Å². The minimum atomic E-state index is -3.83. The maximum Gasteiger partial charge on any atom is 0.266 e. The summed E-state index contributed by atoms with van der Waals surface area (Å²) >= 11 is 0. The standard InChI is InChI=1S/C21H24N2O4S/c1-14-6-8-17(9-7-14)28(24,25)20-21(23-12-15(2)11-16(3)13-23)27-19(22-20)18-5-4-10-26-18/h4-10,15-16H,11-13H2,1-3H3. The number of hydrogen-bond acceptors (Lipinski definition) is 6. The van der Waals surface area contributed by atoms with Crippen molar-refractivity contribution in [1.29, 1.82) is 0 Å². The number of hydrogen-bond donors (Lipinski definition) is 0. The summed E-state index contributed by atoms with van der Waals surface area (Å²) < 4.78 is 38.1. The smallest absolute Gasteiger partial charge is 0.266 e. The highest BCUT2D eigenvalue weighted by Gasteiger charge is 2.34. The van der Waals surface area contributed by atoms with E-state index in [4.69, 9.17) is 8.83 Å². The predicted octanol–water partition coefficient (Wildman–Crippen LogP) is 4.56. The van der Waals surface area contributed by atoms with Crippen LogP contribution in [0.3, 0.4) is 0 Å². The summed E-state index contributed by atoms with van der Waals surface area (Å²) in [6.07, 6.45) is 2.62. The first kappa shape index (κ1) is 18.8. The number of rotatable bonds is 4. The molecule has 6 nitrogen and oxygen atoms in total. The van der Waals surface area contributed by atoms with Crippen molar-refractivity contribution < 1.29 is 17.3 Å². The quantitative estimate of drug-likeness (QED) is 0.639. The minimum Gasteiger partial charge on any atom is -0.459 e. The van der Waals surface area contributed by atoms with Crippen LogP contribution in [-0.4, -0.2) is 26.5 Å². The molecule has 3 aromatic rings. The Bertz CT molecular complexity index is 1040. The Hall–Kier alpha value is -2.54. The molecule has 0 N–H and O–H groups in total. The van der Waals surface area contributed by atoms with E-state index in [1.165, 1.54) is 6.26 Å². The predicted molar refractivity (Wildman–Crippen MR) is 106 cm³/mol. The molecule has 1 aromatic carbocycles. The van der Waals surface area contributed by atoms with E-state index in [0.717, 1.165) is 25.1 Å². The highest BCUT2D eigenvalue weighted by Crippen LogP contribution is 2.37. The lowest BCUT2D eigenvalue weighted by Gasteiger charge is -2.34. The van der Waals surface area contributed by atoms with Gasteiger partial charge in [-0.25, -0.2) is 8.42 Å². The average molecular weight is 401 g/mol. The van der Waals surface area contributed by atoms with Gasteiger partial charge < -0.3 is 13.7 Å². The van der Waals surface area contributed by atoms with Gasteiger partial charge in [0.15, 0.2) is 5.76 Å². The molecule has 4 rings (SSSR count). The molecular weight excluding hydrogens is 376 g/mol. The largest absolute Gasteiger partial charge is 0.459 e. The van der Waals surface area contributed by atoms with E-state index >= 15 is 0 Å². The molecular formula is C21H24N2O4S. The maximum atomic E-state index is 13.4. The van der Waals surface area contributed by atoms with Crippen LogP contribution in [0.25, 0.3) is 11.7 Å². The molecule has 0 amide bonds. The van der Waals surface area contributed by atoms with Crippen molar-refractivity contribution in [3.8, 4) is 11.7 Å². The first-order valence-corrected chi connectivity index (χ1v) is 10.9. The average Bonchev–Trinajstić information content (AvgIpc) is 3.31. The molecule has 1 aliphatic heterocycles. The van der Waals surface area contributed by atoms with Crippen LogP contribution in [0.4, 0.5) is 5.88 Å². The summed E-state index contributed by atoms with van der Waals surface area (Å²) in [6, 6.07) is 10.2. The number of anilines is 1. The summed E-state index contributed by atoms with van der Waals surface area (Å²) in [4.78, 5) is 6.56. The zero-order chi connectivity index (χ0) is 19.9. The van der Waals surface area contributed by atoms with Gasteiger partial charge in [-0.3, -0.25) is 0 Å². The second-order valence-electron chi connectivity index (χ2n) is 7.77.